The number of hydrogen-bond acceptors (Lipinski definition) is 9. The summed E-state index contributed by atoms with van der Waals surface area (Å²) in [6, 6.07) is 17.0. The summed E-state index contributed by atoms with van der Waals surface area (Å²) >= 11 is 1.49. The highest BCUT2D eigenvalue weighted by atomic mass is 32.2. The van der Waals surface area contributed by atoms with Crippen LogP contribution in [0.1, 0.15) is 5.89 Å². The summed E-state index contributed by atoms with van der Waals surface area (Å²) in [4.78, 5) is 22.6. The molecule has 0 saturated carbocycles. The summed E-state index contributed by atoms with van der Waals surface area (Å²) in [6.07, 6.45) is 1.47. The predicted octanol–water partition coefficient (Wildman–Crippen LogP) is 3.16. The van der Waals surface area contributed by atoms with Gasteiger partial charge in [0.25, 0.3) is 0 Å². The molecule has 0 aliphatic heterocycles. The third kappa shape index (κ3) is 4.05. The molecule has 0 N–H and O–H groups in total. The first-order valence-electron chi connectivity index (χ1n) is 9.88. The van der Waals surface area contributed by atoms with E-state index in [4.69, 9.17) is 14.0 Å². The van der Waals surface area contributed by atoms with Crippen LogP contribution in [-0.2, 0) is 6.54 Å². The van der Waals surface area contributed by atoms with Gasteiger partial charge in [-0.05, 0) is 24.3 Å². The topological polar surface area (TPSA) is 110 Å². The van der Waals surface area contributed by atoms with Gasteiger partial charge in [0.1, 0.15) is 17.9 Å². The molecule has 5 rings (SSSR count). The molecule has 11 heteroatoms. The maximum Gasteiger partial charge on any atom is 0.352 e. The van der Waals surface area contributed by atoms with Crippen molar-refractivity contribution in [1.29, 1.82) is 0 Å². The fraction of sp³-hybridized carbons (Fsp3) is 0.136. The van der Waals surface area contributed by atoms with Crippen molar-refractivity contribution < 1.29 is 14.0 Å². The van der Waals surface area contributed by atoms with E-state index in [-0.39, 0.29) is 18.1 Å². The molecule has 2 aromatic carbocycles. The number of aromatic nitrogens is 6. The van der Waals surface area contributed by atoms with Crippen molar-refractivity contribution in [3.63, 3.8) is 0 Å². The number of nitrogens with zero attached hydrogens (tertiary/aromatic N) is 6. The minimum Gasteiger partial charge on any atom is -0.493 e. The van der Waals surface area contributed by atoms with E-state index in [9.17, 15) is 4.79 Å². The molecule has 3 aromatic heterocycles. The van der Waals surface area contributed by atoms with Crippen LogP contribution in [-0.4, -0.2) is 43.5 Å². The summed E-state index contributed by atoms with van der Waals surface area (Å²) in [6.45, 7) is 0.0148. The molecule has 0 atom stereocenters. The zero-order chi connectivity index (χ0) is 22.8. The van der Waals surface area contributed by atoms with Crippen LogP contribution in [0.25, 0.3) is 17.0 Å². The Bertz CT molecular complexity index is 1480. The van der Waals surface area contributed by atoms with Crippen molar-refractivity contribution in [1.82, 2.24) is 29.3 Å². The van der Waals surface area contributed by atoms with E-state index in [0.29, 0.717) is 28.5 Å². The molecule has 0 aliphatic carbocycles. The van der Waals surface area contributed by atoms with Gasteiger partial charge in [-0.3, -0.25) is 0 Å². The molecule has 0 amide bonds. The van der Waals surface area contributed by atoms with Gasteiger partial charge >= 0.3 is 5.69 Å². The minimum atomic E-state index is -0.354. The second-order valence-electron chi connectivity index (χ2n) is 6.86. The Morgan fingerprint density at radius 3 is 2.70 bits per heavy atom. The molecule has 3 heterocycles. The maximum absolute atomic E-state index is 12.8. The van der Waals surface area contributed by atoms with E-state index in [2.05, 4.69) is 20.2 Å². The highest BCUT2D eigenvalue weighted by Gasteiger charge is 2.18. The van der Waals surface area contributed by atoms with Crippen LogP contribution in [0.4, 0.5) is 0 Å². The Balaban J connectivity index is 1.42. The van der Waals surface area contributed by atoms with E-state index in [0.717, 1.165) is 9.92 Å². The van der Waals surface area contributed by atoms with Gasteiger partial charge in [0.15, 0.2) is 17.1 Å². The predicted molar refractivity (Wildman–Crippen MR) is 120 cm³/mol. The lowest BCUT2D eigenvalue weighted by Crippen LogP contribution is -2.21. The van der Waals surface area contributed by atoms with Gasteiger partial charge in [0, 0.05) is 11.0 Å². The zero-order valence-electron chi connectivity index (χ0n) is 17.7. The molecule has 0 spiro atoms. The summed E-state index contributed by atoms with van der Waals surface area (Å²) in [5.74, 6) is 1.59. The molecule has 0 aliphatic rings. The van der Waals surface area contributed by atoms with Gasteiger partial charge < -0.3 is 14.0 Å². The van der Waals surface area contributed by atoms with E-state index in [1.165, 1.54) is 34.3 Å². The SMILES string of the molecule is COc1cccc(-c2noc(Cn3nc4cc(Sc5ccccc5)ncn4c3=O)n2)c1OC. The van der Waals surface area contributed by atoms with Crippen LogP contribution >= 0.6 is 11.8 Å². The first kappa shape index (κ1) is 20.8. The van der Waals surface area contributed by atoms with Crippen LogP contribution < -0.4 is 15.2 Å². The Labute approximate surface area is 191 Å². The van der Waals surface area contributed by atoms with Crippen LogP contribution in [0.15, 0.2) is 80.2 Å². The van der Waals surface area contributed by atoms with Crippen LogP contribution in [0.5, 0.6) is 11.5 Å². The highest BCUT2D eigenvalue weighted by molar-refractivity contribution is 7.99. The van der Waals surface area contributed by atoms with Gasteiger partial charge in [-0.25, -0.2) is 18.9 Å². The molecule has 5 aromatic rings. The monoisotopic (exact) mass is 462 g/mol. The van der Waals surface area contributed by atoms with Gasteiger partial charge in [0.2, 0.25) is 11.7 Å². The molecule has 0 unspecified atom stereocenters. The minimum absolute atomic E-state index is 0.0148. The number of benzene rings is 2. The van der Waals surface area contributed by atoms with Gasteiger partial charge in [-0.1, -0.05) is 41.2 Å². The van der Waals surface area contributed by atoms with Crippen LogP contribution in [0, 0.1) is 0 Å². The molecular formula is C22H18N6O4S. The smallest absolute Gasteiger partial charge is 0.352 e. The lowest BCUT2D eigenvalue weighted by molar-refractivity contribution is 0.354. The van der Waals surface area contributed by atoms with Gasteiger partial charge in [0.05, 0.1) is 19.8 Å². The molecule has 0 bridgehead atoms. The second kappa shape index (κ2) is 8.79. The number of hydrogen-bond donors (Lipinski definition) is 0. The highest BCUT2D eigenvalue weighted by Crippen LogP contribution is 2.36. The zero-order valence-corrected chi connectivity index (χ0v) is 18.5. The van der Waals surface area contributed by atoms with Gasteiger partial charge in [-0.2, -0.15) is 4.98 Å². The number of fused-ring (bicyclic) bond motifs is 1. The Morgan fingerprint density at radius 2 is 1.91 bits per heavy atom. The van der Waals surface area contributed by atoms with Crippen molar-refractivity contribution in [2.45, 2.75) is 16.5 Å². The quantitative estimate of drug-likeness (QED) is 0.337. The van der Waals surface area contributed by atoms with E-state index in [1.807, 2.05) is 30.3 Å². The van der Waals surface area contributed by atoms with Crippen molar-refractivity contribution in [3.05, 3.63) is 77.3 Å². The number of methoxy groups -OCH3 is 2. The van der Waals surface area contributed by atoms with Crippen LogP contribution in [0.3, 0.4) is 0 Å². The Kier molecular flexibility index (Phi) is 5.53. The molecule has 0 radical (unpaired) electrons. The second-order valence-corrected chi connectivity index (χ2v) is 7.96. The van der Waals surface area contributed by atoms with Crippen molar-refractivity contribution in [3.8, 4) is 22.9 Å². The number of ether oxygens (including phenoxy) is 2. The van der Waals surface area contributed by atoms with E-state index < -0.39 is 0 Å². The molecule has 10 nitrogen and oxygen atoms in total. The third-order valence-corrected chi connectivity index (χ3v) is 5.75. The fourth-order valence-corrected chi connectivity index (χ4v) is 4.09. The first-order chi connectivity index (χ1) is 16.2. The third-order valence-electron chi connectivity index (χ3n) is 4.81. The summed E-state index contributed by atoms with van der Waals surface area (Å²) in [7, 11) is 3.09. The molecule has 33 heavy (non-hydrogen) atoms. The fourth-order valence-electron chi connectivity index (χ4n) is 3.29. The lowest BCUT2D eigenvalue weighted by Gasteiger charge is -2.09. The summed E-state index contributed by atoms with van der Waals surface area (Å²) in [5.41, 5.74) is 0.732. The molecule has 166 valence electrons. The normalized spacial score (nSPS) is 11.1. The Morgan fingerprint density at radius 1 is 1.06 bits per heavy atom. The molecule has 0 saturated heterocycles. The molecule has 0 fully saturated rings. The summed E-state index contributed by atoms with van der Waals surface area (Å²) < 4.78 is 18.7. The summed E-state index contributed by atoms with van der Waals surface area (Å²) in [5, 5.41) is 9.15. The van der Waals surface area contributed by atoms with Crippen molar-refractivity contribution >= 4 is 17.4 Å². The van der Waals surface area contributed by atoms with E-state index in [1.54, 1.807) is 31.4 Å². The Hall–Kier alpha value is -4.12. The lowest BCUT2D eigenvalue weighted by atomic mass is 10.1. The van der Waals surface area contributed by atoms with Crippen molar-refractivity contribution in [2.75, 3.05) is 14.2 Å². The number of para-hydroxylation sites is 1. The maximum atomic E-state index is 12.8. The standard InChI is InChI=1S/C22H18N6O4S/c1-30-16-10-6-9-15(20(16)31-2)21-24-18(32-26-21)12-28-22(29)27-13-23-19(11-17(27)25-28)33-14-7-4-3-5-8-14/h3-11,13H,12H2,1-2H3. The van der Waals surface area contributed by atoms with Crippen LogP contribution in [0.2, 0.25) is 0 Å². The molecular weight excluding hydrogens is 444 g/mol. The largest absolute Gasteiger partial charge is 0.493 e. The van der Waals surface area contributed by atoms with Gasteiger partial charge in [-0.15, -0.1) is 5.10 Å². The first-order valence-corrected chi connectivity index (χ1v) is 10.7. The number of rotatable bonds is 7. The van der Waals surface area contributed by atoms with E-state index >= 15 is 0 Å². The average molecular weight is 462 g/mol. The average Bonchev–Trinajstić information content (AvgIpc) is 3.43. The van der Waals surface area contributed by atoms with Crippen molar-refractivity contribution in [2.24, 2.45) is 0 Å².